The summed E-state index contributed by atoms with van der Waals surface area (Å²) >= 11 is 1.81. The van der Waals surface area contributed by atoms with E-state index in [1.54, 1.807) is 12.1 Å². The summed E-state index contributed by atoms with van der Waals surface area (Å²) < 4.78 is 37.0. The van der Waals surface area contributed by atoms with Gasteiger partial charge in [-0.2, -0.15) is 13.2 Å². The van der Waals surface area contributed by atoms with Gasteiger partial charge in [0.25, 0.3) is 0 Å². The third-order valence-corrected chi connectivity index (χ3v) is 2.80. The molecule has 0 aliphatic heterocycles. The fourth-order valence-electron chi connectivity index (χ4n) is 0.829. The quantitative estimate of drug-likeness (QED) is 0.378. The molecule has 0 fully saturated rings. The highest BCUT2D eigenvalue weighted by molar-refractivity contribution is 14.1. The highest BCUT2D eigenvalue weighted by atomic mass is 127. The van der Waals surface area contributed by atoms with Crippen LogP contribution in [0.15, 0.2) is 23.1 Å². The lowest BCUT2D eigenvalue weighted by Crippen LogP contribution is -2.09. The number of nitrogens with one attached hydrogen (secondary N) is 1. The van der Waals surface area contributed by atoms with E-state index in [1.807, 2.05) is 22.6 Å². The third kappa shape index (κ3) is 3.54. The molecule has 1 aromatic rings. The first-order valence-corrected chi connectivity index (χ1v) is 5.34. The van der Waals surface area contributed by atoms with Gasteiger partial charge in [0.15, 0.2) is 0 Å². The molecule has 1 rings (SSSR count). The highest BCUT2D eigenvalue weighted by Crippen LogP contribution is 2.40. The predicted molar refractivity (Wildman–Crippen MR) is 58.9 cm³/mol. The smallest absolute Gasteiger partial charge is 0.323 e. The van der Waals surface area contributed by atoms with Gasteiger partial charge in [0.05, 0.1) is 5.69 Å². The maximum Gasteiger partial charge on any atom is 0.446 e. The van der Waals surface area contributed by atoms with Gasteiger partial charge in [-0.25, -0.2) is 0 Å². The van der Waals surface area contributed by atoms with E-state index >= 15 is 0 Å². The van der Waals surface area contributed by atoms with E-state index in [0.29, 0.717) is 0 Å². The SMILES string of the molecule is NNc1cc(I)ccc1SC(F)(F)F. The molecule has 0 spiro atoms. The minimum Gasteiger partial charge on any atom is -0.323 e. The molecule has 78 valence electrons. The number of nitrogen functional groups attached to an aromatic ring is 1. The number of benzene rings is 1. The third-order valence-electron chi connectivity index (χ3n) is 1.32. The van der Waals surface area contributed by atoms with Gasteiger partial charge in [0.1, 0.15) is 0 Å². The Hall–Kier alpha value is -0.150. The lowest BCUT2D eigenvalue weighted by atomic mass is 10.3. The summed E-state index contributed by atoms with van der Waals surface area (Å²) in [5.74, 6) is 5.10. The average molecular weight is 334 g/mol. The zero-order chi connectivity index (χ0) is 10.8. The first-order chi connectivity index (χ1) is 6.42. The molecule has 0 saturated heterocycles. The van der Waals surface area contributed by atoms with Crippen LogP contribution in [0.25, 0.3) is 0 Å². The lowest BCUT2D eigenvalue weighted by molar-refractivity contribution is -0.0327. The second kappa shape index (κ2) is 4.58. The zero-order valence-corrected chi connectivity index (χ0v) is 9.70. The van der Waals surface area contributed by atoms with E-state index in [4.69, 9.17) is 5.84 Å². The van der Waals surface area contributed by atoms with Crippen molar-refractivity contribution in [2.45, 2.75) is 10.4 Å². The molecule has 1 aromatic carbocycles. The van der Waals surface area contributed by atoms with Gasteiger partial charge < -0.3 is 5.43 Å². The van der Waals surface area contributed by atoms with Crippen molar-refractivity contribution in [3.05, 3.63) is 21.8 Å². The van der Waals surface area contributed by atoms with Crippen LogP contribution in [0.5, 0.6) is 0 Å². The Balaban J connectivity index is 2.97. The number of hydrogen-bond donors (Lipinski definition) is 2. The Kier molecular flexibility index (Phi) is 3.90. The lowest BCUT2D eigenvalue weighted by Gasteiger charge is -2.10. The first-order valence-electron chi connectivity index (χ1n) is 3.44. The normalized spacial score (nSPS) is 11.5. The molecule has 0 radical (unpaired) electrons. The van der Waals surface area contributed by atoms with Gasteiger partial charge in [-0.3, -0.25) is 5.84 Å². The Morgan fingerprint density at radius 2 is 2.00 bits per heavy atom. The summed E-state index contributed by atoms with van der Waals surface area (Å²) in [7, 11) is 0. The minimum atomic E-state index is -4.29. The van der Waals surface area contributed by atoms with Gasteiger partial charge in [0, 0.05) is 8.47 Å². The number of halogens is 4. The van der Waals surface area contributed by atoms with Crippen LogP contribution >= 0.6 is 34.4 Å². The van der Waals surface area contributed by atoms with E-state index in [9.17, 15) is 13.2 Å². The number of hydrogen-bond acceptors (Lipinski definition) is 3. The Morgan fingerprint density at radius 1 is 1.36 bits per heavy atom. The van der Waals surface area contributed by atoms with Crippen LogP contribution in [0.1, 0.15) is 0 Å². The summed E-state index contributed by atoms with van der Waals surface area (Å²) in [5.41, 5.74) is -1.78. The van der Waals surface area contributed by atoms with E-state index in [1.165, 1.54) is 6.07 Å². The van der Waals surface area contributed by atoms with Gasteiger partial charge >= 0.3 is 5.51 Å². The fourth-order valence-corrected chi connectivity index (χ4v) is 1.93. The molecule has 0 unspecified atom stereocenters. The number of hydrazine groups is 1. The average Bonchev–Trinajstić information content (AvgIpc) is 2.06. The van der Waals surface area contributed by atoms with Crippen LogP contribution in [0, 0.1) is 3.57 Å². The van der Waals surface area contributed by atoms with Gasteiger partial charge in [0.2, 0.25) is 0 Å². The molecule has 14 heavy (non-hydrogen) atoms. The second-order valence-electron chi connectivity index (χ2n) is 2.33. The van der Waals surface area contributed by atoms with E-state index in [-0.39, 0.29) is 22.3 Å². The van der Waals surface area contributed by atoms with Crippen molar-refractivity contribution in [2.24, 2.45) is 5.84 Å². The van der Waals surface area contributed by atoms with Crippen LogP contribution in [0.2, 0.25) is 0 Å². The summed E-state index contributed by atoms with van der Waals surface area (Å²) in [6.07, 6.45) is 0. The number of anilines is 1. The molecule has 0 bridgehead atoms. The highest BCUT2D eigenvalue weighted by Gasteiger charge is 2.30. The summed E-state index contributed by atoms with van der Waals surface area (Å²) in [6, 6.07) is 4.53. The minimum absolute atomic E-state index is 0.0698. The van der Waals surface area contributed by atoms with Crippen molar-refractivity contribution in [3.8, 4) is 0 Å². The Labute approximate surface area is 96.5 Å². The van der Waals surface area contributed by atoms with Gasteiger partial charge in [-0.05, 0) is 52.6 Å². The largest absolute Gasteiger partial charge is 0.446 e. The molecule has 0 heterocycles. The van der Waals surface area contributed by atoms with Crippen LogP contribution in [-0.2, 0) is 0 Å². The number of nitrogens with two attached hydrogens (primary N) is 1. The Morgan fingerprint density at radius 3 is 2.50 bits per heavy atom. The van der Waals surface area contributed by atoms with Crippen molar-refractivity contribution in [1.82, 2.24) is 0 Å². The maximum absolute atomic E-state index is 12.1. The molecule has 0 aliphatic rings. The van der Waals surface area contributed by atoms with Crippen molar-refractivity contribution in [3.63, 3.8) is 0 Å². The number of thioether (sulfide) groups is 1. The first kappa shape index (κ1) is 11.9. The van der Waals surface area contributed by atoms with E-state index < -0.39 is 5.51 Å². The molecule has 2 nitrogen and oxygen atoms in total. The molecule has 0 amide bonds. The monoisotopic (exact) mass is 334 g/mol. The van der Waals surface area contributed by atoms with Crippen molar-refractivity contribution >= 4 is 40.0 Å². The van der Waals surface area contributed by atoms with Gasteiger partial charge in [-0.15, -0.1) is 0 Å². The maximum atomic E-state index is 12.1. The molecule has 0 aliphatic carbocycles. The molecule has 0 atom stereocenters. The molecule has 3 N–H and O–H groups in total. The molecule has 0 aromatic heterocycles. The molecular weight excluding hydrogens is 328 g/mol. The van der Waals surface area contributed by atoms with Crippen LogP contribution in [0.4, 0.5) is 18.9 Å². The van der Waals surface area contributed by atoms with Crippen LogP contribution < -0.4 is 11.3 Å². The predicted octanol–water partition coefficient (Wildman–Crippen LogP) is 3.19. The topological polar surface area (TPSA) is 38.0 Å². The summed E-state index contributed by atoms with van der Waals surface area (Å²) in [6.45, 7) is 0. The van der Waals surface area contributed by atoms with Gasteiger partial charge in [-0.1, -0.05) is 0 Å². The van der Waals surface area contributed by atoms with Crippen LogP contribution in [0.3, 0.4) is 0 Å². The molecular formula is C7H6F3IN2S. The van der Waals surface area contributed by atoms with Crippen molar-refractivity contribution in [2.75, 3.05) is 5.43 Å². The van der Waals surface area contributed by atoms with E-state index in [2.05, 4.69) is 5.43 Å². The summed E-state index contributed by atoms with van der Waals surface area (Å²) in [5, 5.41) is 0. The number of alkyl halides is 3. The fraction of sp³-hybridized carbons (Fsp3) is 0.143. The van der Waals surface area contributed by atoms with Crippen LogP contribution in [-0.4, -0.2) is 5.51 Å². The number of rotatable bonds is 2. The molecule has 7 heteroatoms. The standard InChI is InChI=1S/C7H6F3IN2S/c8-7(9,10)14-6-2-1-4(11)3-5(6)13-12/h1-3,13H,12H2. The molecule has 0 saturated carbocycles. The van der Waals surface area contributed by atoms with E-state index in [0.717, 1.165) is 3.57 Å². The summed E-state index contributed by atoms with van der Waals surface area (Å²) in [4.78, 5) is 0.0698. The Bertz CT molecular complexity index is 329. The zero-order valence-electron chi connectivity index (χ0n) is 6.73. The second-order valence-corrected chi connectivity index (χ2v) is 4.69. The van der Waals surface area contributed by atoms with Crippen molar-refractivity contribution in [1.29, 1.82) is 0 Å². The van der Waals surface area contributed by atoms with Crippen molar-refractivity contribution < 1.29 is 13.2 Å².